The highest BCUT2D eigenvalue weighted by Gasteiger charge is 2.42. The molecule has 2 saturated heterocycles. The van der Waals surface area contributed by atoms with Gasteiger partial charge in [0.1, 0.15) is 29.7 Å². The van der Waals surface area contributed by atoms with Gasteiger partial charge in [0.05, 0.1) is 11.2 Å². The number of nitrogens with one attached hydrogen (secondary N) is 1. The van der Waals surface area contributed by atoms with Crippen LogP contribution in [0.4, 0.5) is 15.9 Å². The molecule has 206 valence electrons. The summed E-state index contributed by atoms with van der Waals surface area (Å²) in [4.78, 5) is 32.2. The number of aromatic nitrogens is 6. The lowest BCUT2D eigenvalue weighted by atomic mass is 9.70. The Kier molecular flexibility index (Phi) is 6.06. The van der Waals surface area contributed by atoms with E-state index < -0.39 is 5.82 Å². The molecule has 6 heterocycles. The predicted molar refractivity (Wildman–Crippen MR) is 151 cm³/mol. The van der Waals surface area contributed by atoms with E-state index >= 15 is 4.39 Å². The van der Waals surface area contributed by atoms with Gasteiger partial charge in [-0.25, -0.2) is 28.8 Å². The number of piperidine rings is 2. The smallest absolute Gasteiger partial charge is 0.246 e. The number of carbonyl (C=O) groups excluding carboxylic acids is 1. The normalized spacial score (nSPS) is 20.0. The zero-order valence-corrected chi connectivity index (χ0v) is 22.4. The molecular weight excluding hydrogens is 523 g/mol. The number of halogens is 1. The minimum atomic E-state index is -0.453. The van der Waals surface area contributed by atoms with Crippen molar-refractivity contribution in [3.63, 3.8) is 0 Å². The highest BCUT2D eigenvalue weighted by molar-refractivity contribution is 5.88. The van der Waals surface area contributed by atoms with Crippen molar-refractivity contribution >= 4 is 34.1 Å². The Morgan fingerprint density at radius 3 is 2.88 bits per heavy atom. The average Bonchev–Trinajstić information content (AvgIpc) is 3.48. The Bertz CT molecular complexity index is 1820. The van der Waals surface area contributed by atoms with E-state index in [4.69, 9.17) is 9.72 Å². The van der Waals surface area contributed by atoms with Gasteiger partial charge < -0.3 is 15.0 Å². The van der Waals surface area contributed by atoms with Gasteiger partial charge in [0.2, 0.25) is 5.91 Å². The van der Waals surface area contributed by atoms with Crippen LogP contribution < -0.4 is 10.1 Å². The summed E-state index contributed by atoms with van der Waals surface area (Å²) in [6.07, 6.45) is 8.94. The molecule has 1 N–H and O–H groups in total. The highest BCUT2D eigenvalue weighted by Crippen LogP contribution is 2.45. The summed E-state index contributed by atoms with van der Waals surface area (Å²) in [5, 5.41) is 7.21. The van der Waals surface area contributed by atoms with Crippen molar-refractivity contribution in [1.82, 2.24) is 34.4 Å². The van der Waals surface area contributed by atoms with Crippen LogP contribution in [0, 0.1) is 18.7 Å². The molecule has 3 atom stereocenters. The van der Waals surface area contributed by atoms with E-state index in [1.165, 1.54) is 18.7 Å². The first-order valence-corrected chi connectivity index (χ1v) is 13.6. The third-order valence-electron chi connectivity index (χ3n) is 8.25. The molecule has 5 aromatic rings. The van der Waals surface area contributed by atoms with Gasteiger partial charge in [0, 0.05) is 42.0 Å². The molecule has 1 aromatic carbocycles. The monoisotopic (exact) mass is 550 g/mol. The molecule has 3 fully saturated rings. The second-order valence-corrected chi connectivity index (χ2v) is 10.6. The summed E-state index contributed by atoms with van der Waals surface area (Å²) in [6.45, 7) is 6.03. The number of nitrogens with zero attached hydrogens (tertiary/aromatic N) is 7. The quantitative estimate of drug-likeness (QED) is 0.283. The van der Waals surface area contributed by atoms with Crippen molar-refractivity contribution in [3.8, 4) is 11.5 Å². The zero-order valence-electron chi connectivity index (χ0n) is 22.4. The lowest BCUT2D eigenvalue weighted by Crippen LogP contribution is -2.53. The van der Waals surface area contributed by atoms with Crippen LogP contribution in [0.2, 0.25) is 0 Å². The Hall–Kier alpha value is -4.93. The summed E-state index contributed by atoms with van der Waals surface area (Å²) < 4.78 is 23.2. The molecule has 1 saturated carbocycles. The number of amides is 1. The number of pyridine rings is 2. The molecule has 11 heteroatoms. The fourth-order valence-electron chi connectivity index (χ4n) is 6.11. The maximum Gasteiger partial charge on any atom is 0.246 e. The number of carbonyl (C=O) groups is 1. The topological polar surface area (TPSA) is 110 Å². The second kappa shape index (κ2) is 9.92. The molecule has 0 radical (unpaired) electrons. The number of rotatable bonds is 6. The van der Waals surface area contributed by atoms with Crippen LogP contribution in [0.15, 0.2) is 67.9 Å². The second-order valence-electron chi connectivity index (χ2n) is 10.6. The third kappa shape index (κ3) is 4.43. The average molecular weight is 551 g/mol. The lowest BCUT2D eigenvalue weighted by Gasteiger charge is -2.49. The number of anilines is 2. The summed E-state index contributed by atoms with van der Waals surface area (Å²) in [5.74, 6) is 1.44. The predicted octanol–water partition coefficient (Wildman–Crippen LogP) is 5.33. The summed E-state index contributed by atoms with van der Waals surface area (Å²) in [6, 6.07) is 11.0. The Balaban J connectivity index is 1.15. The maximum absolute atomic E-state index is 15.6. The van der Waals surface area contributed by atoms with Gasteiger partial charge >= 0.3 is 0 Å². The molecule has 10 nitrogen and oxygen atoms in total. The molecule has 8 rings (SSSR count). The van der Waals surface area contributed by atoms with Crippen molar-refractivity contribution in [3.05, 3.63) is 85.0 Å². The van der Waals surface area contributed by atoms with Crippen molar-refractivity contribution in [2.45, 2.75) is 38.1 Å². The first kappa shape index (κ1) is 25.1. The first-order chi connectivity index (χ1) is 20.0. The maximum atomic E-state index is 15.6. The van der Waals surface area contributed by atoms with E-state index in [0.717, 1.165) is 25.0 Å². The summed E-state index contributed by atoms with van der Waals surface area (Å²) in [5.41, 5.74) is 3.41. The van der Waals surface area contributed by atoms with E-state index in [1.807, 2.05) is 17.0 Å². The Morgan fingerprint density at radius 1 is 1.15 bits per heavy atom. The molecule has 1 unspecified atom stereocenters. The molecule has 41 heavy (non-hydrogen) atoms. The molecule has 1 amide bonds. The van der Waals surface area contributed by atoms with Gasteiger partial charge in [-0.05, 0) is 68.5 Å². The van der Waals surface area contributed by atoms with Crippen LogP contribution in [-0.4, -0.2) is 52.9 Å². The number of benzene rings is 1. The van der Waals surface area contributed by atoms with E-state index in [1.54, 1.807) is 41.9 Å². The van der Waals surface area contributed by atoms with E-state index in [9.17, 15) is 4.79 Å². The Labute approximate surface area is 234 Å². The van der Waals surface area contributed by atoms with Crippen molar-refractivity contribution in [1.29, 1.82) is 0 Å². The number of hydrogen-bond acceptors (Lipinski definition) is 8. The molecule has 2 bridgehead atoms. The summed E-state index contributed by atoms with van der Waals surface area (Å²) in [7, 11) is 0. The molecule has 0 spiro atoms. The van der Waals surface area contributed by atoms with Gasteiger partial charge in [-0.15, -0.1) is 0 Å². The minimum absolute atomic E-state index is 0.00497. The number of ether oxygens (including phenoxy) is 1. The van der Waals surface area contributed by atoms with E-state index in [-0.39, 0.29) is 23.6 Å². The molecule has 2 aliphatic heterocycles. The molecule has 3 aliphatic rings. The zero-order chi connectivity index (χ0) is 28.1. The molecule has 1 aliphatic carbocycles. The fraction of sp³-hybridized carbons (Fsp3) is 0.267. The van der Waals surface area contributed by atoms with E-state index in [0.29, 0.717) is 52.0 Å². The van der Waals surface area contributed by atoms with Crippen LogP contribution in [-0.2, 0) is 4.79 Å². The largest absolute Gasteiger partial charge is 0.457 e. The standard InChI is InChI=1S/C30H27FN8O2/c1-3-27(40)38-14-18-4-5-19(38)12-21(18)22-6-7-24-29(36-22)30(34-15-32-24)37-23-8-9-25(17(2)28(23)31)41-20-10-11-39-26(13-20)33-16-35-39/h3,6-11,13,15-16,18-19,21H,1,4-5,12,14H2,2H3,(H,32,34,37)/t18-,19?,21+/m1/s1. The van der Waals surface area contributed by atoms with Crippen LogP contribution in [0.3, 0.4) is 0 Å². The van der Waals surface area contributed by atoms with Crippen molar-refractivity contribution < 1.29 is 13.9 Å². The van der Waals surface area contributed by atoms with Crippen molar-refractivity contribution in [2.75, 3.05) is 11.9 Å². The van der Waals surface area contributed by atoms with Gasteiger partial charge in [0.25, 0.3) is 0 Å². The molecule has 4 aromatic heterocycles. The van der Waals surface area contributed by atoms with E-state index in [2.05, 4.69) is 31.9 Å². The van der Waals surface area contributed by atoms with Gasteiger partial charge in [-0.2, -0.15) is 5.10 Å². The first-order valence-electron chi connectivity index (χ1n) is 13.6. The molecular formula is C30H27FN8O2. The lowest BCUT2D eigenvalue weighted by molar-refractivity contribution is -0.134. The van der Waals surface area contributed by atoms with Crippen LogP contribution in [0.1, 0.15) is 36.4 Å². The summed E-state index contributed by atoms with van der Waals surface area (Å²) >= 11 is 0. The fourth-order valence-corrected chi connectivity index (χ4v) is 6.11. The van der Waals surface area contributed by atoms with Crippen LogP contribution >= 0.6 is 0 Å². The number of fused-ring (bicyclic) bond motifs is 5. The van der Waals surface area contributed by atoms with Gasteiger partial charge in [0.15, 0.2) is 17.3 Å². The van der Waals surface area contributed by atoms with Crippen LogP contribution in [0.5, 0.6) is 11.5 Å². The van der Waals surface area contributed by atoms with Gasteiger partial charge in [-0.3, -0.25) is 4.79 Å². The van der Waals surface area contributed by atoms with Gasteiger partial charge in [-0.1, -0.05) is 6.58 Å². The third-order valence-corrected chi connectivity index (χ3v) is 8.25. The number of hydrogen-bond donors (Lipinski definition) is 1. The highest BCUT2D eigenvalue weighted by atomic mass is 19.1. The Morgan fingerprint density at radius 2 is 2.05 bits per heavy atom. The van der Waals surface area contributed by atoms with Crippen LogP contribution in [0.25, 0.3) is 16.7 Å². The SMILES string of the molecule is C=CC(=O)N1C[C@H]2CCC1C[C@@H]2c1ccc2ncnc(Nc3ccc(Oc4ccn5ncnc5c4)c(C)c3F)c2n1. The van der Waals surface area contributed by atoms with Crippen molar-refractivity contribution in [2.24, 2.45) is 5.92 Å². The minimum Gasteiger partial charge on any atom is -0.457 e.